The Hall–Kier alpha value is -0.0800. The van der Waals surface area contributed by atoms with Gasteiger partial charge in [-0.15, -0.1) is 0 Å². The average Bonchev–Trinajstić information content (AvgIpc) is 2.02. The molecule has 0 heterocycles. The SMILES string of the molecule is COC1CCCC(O)(CC(C)C)C1. The zero-order valence-electron chi connectivity index (χ0n) is 9.05. The van der Waals surface area contributed by atoms with Crippen molar-refractivity contribution in [2.24, 2.45) is 5.92 Å². The first-order chi connectivity index (χ1) is 6.06. The predicted octanol–water partition coefficient (Wildman–Crippen LogP) is 2.35. The molecule has 1 aliphatic carbocycles. The Balaban J connectivity index is 2.47. The first kappa shape index (κ1) is 11.0. The van der Waals surface area contributed by atoms with Crippen molar-refractivity contribution < 1.29 is 9.84 Å². The second-order valence-corrected chi connectivity index (χ2v) is 4.78. The standard InChI is InChI=1S/C11H22O2/c1-9(2)7-11(12)6-4-5-10(8-11)13-3/h9-10,12H,4-8H2,1-3H3. The number of ether oxygens (including phenoxy) is 1. The van der Waals surface area contributed by atoms with Crippen molar-refractivity contribution >= 4 is 0 Å². The highest BCUT2D eigenvalue weighted by molar-refractivity contribution is 4.87. The molecule has 0 aromatic heterocycles. The van der Waals surface area contributed by atoms with E-state index in [4.69, 9.17) is 4.74 Å². The molecule has 0 aromatic carbocycles. The highest BCUT2D eigenvalue weighted by Gasteiger charge is 2.34. The summed E-state index contributed by atoms with van der Waals surface area (Å²) in [4.78, 5) is 0. The molecule has 0 amide bonds. The zero-order chi connectivity index (χ0) is 9.90. The lowest BCUT2D eigenvalue weighted by molar-refractivity contribution is -0.0693. The molecular weight excluding hydrogens is 164 g/mol. The minimum Gasteiger partial charge on any atom is -0.390 e. The van der Waals surface area contributed by atoms with Gasteiger partial charge in [0.25, 0.3) is 0 Å². The highest BCUT2D eigenvalue weighted by atomic mass is 16.5. The molecular formula is C11H22O2. The molecule has 78 valence electrons. The van der Waals surface area contributed by atoms with E-state index in [2.05, 4.69) is 13.8 Å². The maximum atomic E-state index is 10.3. The van der Waals surface area contributed by atoms with Gasteiger partial charge in [-0.1, -0.05) is 13.8 Å². The van der Waals surface area contributed by atoms with Gasteiger partial charge in [0, 0.05) is 13.5 Å². The van der Waals surface area contributed by atoms with Crippen molar-refractivity contribution in [3.05, 3.63) is 0 Å². The van der Waals surface area contributed by atoms with Crippen LogP contribution in [0.2, 0.25) is 0 Å². The highest BCUT2D eigenvalue weighted by Crippen LogP contribution is 2.34. The van der Waals surface area contributed by atoms with Crippen LogP contribution in [0.15, 0.2) is 0 Å². The fraction of sp³-hybridized carbons (Fsp3) is 1.00. The van der Waals surface area contributed by atoms with E-state index in [0.717, 1.165) is 32.1 Å². The molecule has 0 saturated heterocycles. The molecule has 2 heteroatoms. The van der Waals surface area contributed by atoms with E-state index < -0.39 is 5.60 Å². The topological polar surface area (TPSA) is 29.5 Å². The molecule has 1 N–H and O–H groups in total. The van der Waals surface area contributed by atoms with Crippen molar-refractivity contribution in [1.82, 2.24) is 0 Å². The van der Waals surface area contributed by atoms with Gasteiger partial charge < -0.3 is 9.84 Å². The van der Waals surface area contributed by atoms with Crippen molar-refractivity contribution in [3.63, 3.8) is 0 Å². The molecule has 1 saturated carbocycles. The van der Waals surface area contributed by atoms with Gasteiger partial charge in [0.05, 0.1) is 11.7 Å². The Morgan fingerprint density at radius 2 is 2.23 bits per heavy atom. The fourth-order valence-corrected chi connectivity index (χ4v) is 2.43. The molecule has 1 rings (SSSR count). The lowest BCUT2D eigenvalue weighted by atomic mass is 9.78. The van der Waals surface area contributed by atoms with E-state index >= 15 is 0 Å². The molecule has 2 unspecified atom stereocenters. The number of hydrogen-bond acceptors (Lipinski definition) is 2. The van der Waals surface area contributed by atoms with Crippen LogP contribution >= 0.6 is 0 Å². The summed E-state index contributed by atoms with van der Waals surface area (Å²) >= 11 is 0. The van der Waals surface area contributed by atoms with E-state index in [1.807, 2.05) is 0 Å². The van der Waals surface area contributed by atoms with E-state index in [-0.39, 0.29) is 6.10 Å². The number of aliphatic hydroxyl groups is 1. The van der Waals surface area contributed by atoms with Gasteiger partial charge in [-0.2, -0.15) is 0 Å². The van der Waals surface area contributed by atoms with E-state index in [9.17, 15) is 5.11 Å². The van der Waals surface area contributed by atoms with Crippen LogP contribution in [0.4, 0.5) is 0 Å². The van der Waals surface area contributed by atoms with Crippen molar-refractivity contribution in [2.45, 2.75) is 57.7 Å². The second-order valence-electron chi connectivity index (χ2n) is 4.78. The van der Waals surface area contributed by atoms with Crippen LogP contribution in [0.1, 0.15) is 46.0 Å². The summed E-state index contributed by atoms with van der Waals surface area (Å²) in [5, 5.41) is 10.3. The van der Waals surface area contributed by atoms with E-state index in [0.29, 0.717) is 5.92 Å². The van der Waals surface area contributed by atoms with Gasteiger partial charge in [0.2, 0.25) is 0 Å². The monoisotopic (exact) mass is 186 g/mol. The minimum atomic E-state index is -0.451. The number of hydrogen-bond donors (Lipinski definition) is 1. The van der Waals surface area contributed by atoms with Crippen LogP contribution in [-0.4, -0.2) is 23.9 Å². The van der Waals surface area contributed by atoms with E-state index in [1.165, 1.54) is 0 Å². The predicted molar refractivity (Wildman–Crippen MR) is 53.7 cm³/mol. The Bertz CT molecular complexity index is 156. The van der Waals surface area contributed by atoms with Gasteiger partial charge in [-0.3, -0.25) is 0 Å². The van der Waals surface area contributed by atoms with Crippen LogP contribution in [0, 0.1) is 5.92 Å². The summed E-state index contributed by atoms with van der Waals surface area (Å²) in [5.74, 6) is 0.570. The van der Waals surface area contributed by atoms with Crippen LogP contribution in [-0.2, 0) is 4.74 Å². The summed E-state index contributed by atoms with van der Waals surface area (Å²) in [6.07, 6.45) is 5.16. The molecule has 0 bridgehead atoms. The second kappa shape index (κ2) is 4.43. The average molecular weight is 186 g/mol. The molecule has 0 radical (unpaired) electrons. The van der Waals surface area contributed by atoms with Crippen molar-refractivity contribution in [3.8, 4) is 0 Å². The first-order valence-electron chi connectivity index (χ1n) is 5.31. The molecule has 2 nitrogen and oxygen atoms in total. The van der Waals surface area contributed by atoms with Crippen molar-refractivity contribution in [1.29, 1.82) is 0 Å². The third-order valence-corrected chi connectivity index (χ3v) is 2.90. The molecule has 0 aliphatic heterocycles. The molecule has 13 heavy (non-hydrogen) atoms. The van der Waals surface area contributed by atoms with E-state index in [1.54, 1.807) is 7.11 Å². The van der Waals surface area contributed by atoms with Crippen molar-refractivity contribution in [2.75, 3.05) is 7.11 Å². The lowest BCUT2D eigenvalue weighted by Crippen LogP contribution is -2.39. The Morgan fingerprint density at radius 3 is 2.77 bits per heavy atom. The van der Waals surface area contributed by atoms with Crippen LogP contribution < -0.4 is 0 Å². The first-order valence-corrected chi connectivity index (χ1v) is 5.31. The third-order valence-electron chi connectivity index (χ3n) is 2.90. The van der Waals surface area contributed by atoms with Crippen LogP contribution in [0.25, 0.3) is 0 Å². The smallest absolute Gasteiger partial charge is 0.0675 e. The van der Waals surface area contributed by atoms with Crippen LogP contribution in [0.5, 0.6) is 0 Å². The van der Waals surface area contributed by atoms with Gasteiger partial charge in [-0.25, -0.2) is 0 Å². The molecule has 0 aromatic rings. The largest absolute Gasteiger partial charge is 0.390 e. The minimum absolute atomic E-state index is 0.275. The van der Waals surface area contributed by atoms with Gasteiger partial charge in [-0.05, 0) is 31.6 Å². The Morgan fingerprint density at radius 1 is 1.54 bits per heavy atom. The summed E-state index contributed by atoms with van der Waals surface area (Å²) < 4.78 is 5.31. The Labute approximate surface area is 81.3 Å². The van der Waals surface area contributed by atoms with Gasteiger partial charge in [0.15, 0.2) is 0 Å². The molecule has 0 spiro atoms. The zero-order valence-corrected chi connectivity index (χ0v) is 9.05. The Kier molecular flexibility index (Phi) is 3.74. The lowest BCUT2D eigenvalue weighted by Gasteiger charge is -2.37. The normalized spacial score (nSPS) is 35.3. The summed E-state index contributed by atoms with van der Waals surface area (Å²) in [6, 6.07) is 0. The third kappa shape index (κ3) is 3.28. The molecule has 1 aliphatic rings. The van der Waals surface area contributed by atoms with Crippen LogP contribution in [0.3, 0.4) is 0 Å². The quantitative estimate of drug-likeness (QED) is 0.733. The summed E-state index contributed by atoms with van der Waals surface area (Å²) in [7, 11) is 1.74. The molecule has 1 fully saturated rings. The summed E-state index contributed by atoms with van der Waals surface area (Å²) in [6.45, 7) is 4.32. The summed E-state index contributed by atoms with van der Waals surface area (Å²) in [5.41, 5.74) is -0.451. The number of methoxy groups -OCH3 is 1. The number of rotatable bonds is 3. The fourth-order valence-electron chi connectivity index (χ4n) is 2.43. The van der Waals surface area contributed by atoms with Gasteiger partial charge >= 0.3 is 0 Å². The maximum Gasteiger partial charge on any atom is 0.0675 e. The maximum absolute atomic E-state index is 10.3. The molecule has 2 atom stereocenters. The van der Waals surface area contributed by atoms with Gasteiger partial charge in [0.1, 0.15) is 0 Å².